The Bertz CT molecular complexity index is 570. The van der Waals surface area contributed by atoms with E-state index in [0.29, 0.717) is 19.0 Å². The van der Waals surface area contributed by atoms with E-state index in [1.807, 2.05) is 20.8 Å². The number of carbonyl (C=O) groups excluding carboxylic acids is 1. The Morgan fingerprint density at radius 3 is 2.67 bits per heavy atom. The molecule has 1 saturated heterocycles. The quantitative estimate of drug-likeness (QED) is 0.847. The van der Waals surface area contributed by atoms with Crippen LogP contribution in [0.15, 0.2) is 12.4 Å². The van der Waals surface area contributed by atoms with E-state index >= 15 is 0 Å². The molecule has 24 heavy (non-hydrogen) atoms. The highest BCUT2D eigenvalue weighted by molar-refractivity contribution is 5.68. The van der Waals surface area contributed by atoms with Gasteiger partial charge in [0.15, 0.2) is 0 Å². The first-order chi connectivity index (χ1) is 11.2. The lowest BCUT2D eigenvalue weighted by atomic mass is 10.0. The average Bonchev–Trinajstić information content (AvgIpc) is 2.52. The molecule has 0 N–H and O–H groups in total. The van der Waals surface area contributed by atoms with Crippen LogP contribution >= 0.6 is 0 Å². The van der Waals surface area contributed by atoms with Crippen LogP contribution in [0.4, 0.5) is 10.6 Å². The summed E-state index contributed by atoms with van der Waals surface area (Å²) in [6.45, 7) is 14.1. The minimum Gasteiger partial charge on any atom is -0.444 e. The van der Waals surface area contributed by atoms with Gasteiger partial charge in [-0.3, -0.25) is 0 Å². The van der Waals surface area contributed by atoms with Gasteiger partial charge in [-0.2, -0.15) is 0 Å². The molecule has 1 aliphatic heterocycles. The summed E-state index contributed by atoms with van der Waals surface area (Å²) >= 11 is 0. The van der Waals surface area contributed by atoms with Gasteiger partial charge in [-0.25, -0.2) is 14.8 Å². The number of ether oxygens (including phenoxy) is 1. The monoisotopic (exact) mass is 334 g/mol. The maximum atomic E-state index is 12.2. The first-order valence-electron chi connectivity index (χ1n) is 8.77. The molecule has 1 aromatic heterocycles. The molecule has 1 unspecified atom stereocenters. The second kappa shape index (κ2) is 7.36. The summed E-state index contributed by atoms with van der Waals surface area (Å²) in [5.74, 6) is 1.36. The average molecular weight is 334 g/mol. The molecule has 0 spiro atoms. The van der Waals surface area contributed by atoms with E-state index in [1.165, 1.54) is 0 Å². The molecular formula is C18H30N4O2. The summed E-state index contributed by atoms with van der Waals surface area (Å²) < 4.78 is 5.47. The van der Waals surface area contributed by atoms with Crippen molar-refractivity contribution in [2.24, 2.45) is 0 Å². The van der Waals surface area contributed by atoms with Crippen molar-refractivity contribution in [3.8, 4) is 0 Å². The summed E-state index contributed by atoms with van der Waals surface area (Å²) in [5, 5.41) is 0. The molecule has 2 heterocycles. The summed E-state index contributed by atoms with van der Waals surface area (Å²) in [4.78, 5) is 25.1. The molecular weight excluding hydrogens is 304 g/mol. The van der Waals surface area contributed by atoms with Gasteiger partial charge in [0, 0.05) is 37.4 Å². The standard InChI is InChI=1S/C18H30N4O2/c1-7-13(2)15-10-16(20-12-19-15)22-9-8-21(11-14(22)3)17(23)24-18(4,5)6/h10,12-14H,7-9,11H2,1-6H3/t13?,14-/m0/s1. The van der Waals surface area contributed by atoms with Crippen molar-refractivity contribution in [3.63, 3.8) is 0 Å². The lowest BCUT2D eigenvalue weighted by Gasteiger charge is -2.40. The Morgan fingerprint density at radius 2 is 2.08 bits per heavy atom. The molecule has 0 aliphatic carbocycles. The Labute approximate surface area is 145 Å². The van der Waals surface area contributed by atoms with Crippen LogP contribution in [0.2, 0.25) is 0 Å². The largest absolute Gasteiger partial charge is 0.444 e. The number of anilines is 1. The van der Waals surface area contributed by atoms with Crippen LogP contribution in [-0.4, -0.2) is 52.2 Å². The van der Waals surface area contributed by atoms with Gasteiger partial charge in [0.25, 0.3) is 0 Å². The van der Waals surface area contributed by atoms with Crippen molar-refractivity contribution in [2.45, 2.75) is 65.5 Å². The number of rotatable bonds is 3. The summed E-state index contributed by atoms with van der Waals surface area (Å²) in [6, 6.07) is 2.26. The van der Waals surface area contributed by atoms with Crippen molar-refractivity contribution >= 4 is 11.9 Å². The van der Waals surface area contributed by atoms with Crippen molar-refractivity contribution < 1.29 is 9.53 Å². The van der Waals surface area contributed by atoms with E-state index in [1.54, 1.807) is 11.2 Å². The minimum absolute atomic E-state index is 0.186. The van der Waals surface area contributed by atoms with E-state index in [0.717, 1.165) is 24.5 Å². The second-order valence-corrected chi connectivity index (χ2v) is 7.58. The molecule has 1 aromatic rings. The fraction of sp³-hybridized carbons (Fsp3) is 0.722. The van der Waals surface area contributed by atoms with Crippen LogP contribution in [0.1, 0.15) is 59.6 Å². The first kappa shape index (κ1) is 18.5. The van der Waals surface area contributed by atoms with Gasteiger partial charge in [0.05, 0.1) is 0 Å². The number of piperazine rings is 1. The zero-order chi connectivity index (χ0) is 17.9. The van der Waals surface area contributed by atoms with Gasteiger partial charge in [-0.1, -0.05) is 13.8 Å². The van der Waals surface area contributed by atoms with Crippen LogP contribution in [0.25, 0.3) is 0 Å². The molecule has 1 aliphatic rings. The van der Waals surface area contributed by atoms with Gasteiger partial charge >= 0.3 is 6.09 Å². The SMILES string of the molecule is CCC(C)c1cc(N2CCN(C(=O)OC(C)(C)C)C[C@@H]2C)ncn1. The molecule has 0 saturated carbocycles. The number of hydrogen-bond acceptors (Lipinski definition) is 5. The van der Waals surface area contributed by atoms with Gasteiger partial charge in [0.2, 0.25) is 0 Å². The number of aromatic nitrogens is 2. The predicted octanol–water partition coefficient (Wildman–Crippen LogP) is 3.44. The maximum Gasteiger partial charge on any atom is 0.410 e. The predicted molar refractivity (Wildman–Crippen MR) is 95.4 cm³/mol. The fourth-order valence-electron chi connectivity index (χ4n) is 2.79. The number of hydrogen-bond donors (Lipinski definition) is 0. The Morgan fingerprint density at radius 1 is 1.38 bits per heavy atom. The number of amides is 1. The molecule has 134 valence electrons. The summed E-state index contributed by atoms with van der Waals surface area (Å²) in [6.07, 6.45) is 2.46. The third kappa shape index (κ3) is 4.58. The number of carbonyl (C=O) groups is 1. The van der Waals surface area contributed by atoms with Gasteiger partial charge in [0.1, 0.15) is 17.7 Å². The van der Waals surface area contributed by atoms with Crippen LogP contribution in [-0.2, 0) is 4.74 Å². The highest BCUT2D eigenvalue weighted by Crippen LogP contribution is 2.23. The topological polar surface area (TPSA) is 58.6 Å². The number of nitrogens with zero attached hydrogens (tertiary/aromatic N) is 4. The zero-order valence-corrected chi connectivity index (χ0v) is 15.7. The summed E-state index contributed by atoms with van der Waals surface area (Å²) in [7, 11) is 0. The lowest BCUT2D eigenvalue weighted by molar-refractivity contribution is 0.0218. The normalized spacial score (nSPS) is 20.0. The lowest BCUT2D eigenvalue weighted by Crippen LogP contribution is -2.54. The Kier molecular flexibility index (Phi) is 5.67. The molecule has 6 heteroatoms. The highest BCUT2D eigenvalue weighted by Gasteiger charge is 2.30. The van der Waals surface area contributed by atoms with Gasteiger partial charge < -0.3 is 14.5 Å². The third-order valence-corrected chi connectivity index (χ3v) is 4.36. The molecule has 1 amide bonds. The smallest absolute Gasteiger partial charge is 0.410 e. The van der Waals surface area contributed by atoms with Crippen molar-refractivity contribution in [2.75, 3.05) is 24.5 Å². The molecule has 2 atom stereocenters. The summed E-state index contributed by atoms with van der Waals surface area (Å²) in [5.41, 5.74) is 0.610. The van der Waals surface area contributed by atoms with E-state index in [9.17, 15) is 4.79 Å². The molecule has 1 fully saturated rings. The van der Waals surface area contributed by atoms with E-state index in [-0.39, 0.29) is 12.1 Å². The Hall–Kier alpha value is -1.85. The van der Waals surface area contributed by atoms with Crippen LogP contribution in [0.5, 0.6) is 0 Å². The van der Waals surface area contributed by atoms with Crippen LogP contribution in [0, 0.1) is 0 Å². The fourth-order valence-corrected chi connectivity index (χ4v) is 2.79. The van der Waals surface area contributed by atoms with E-state index in [2.05, 4.69) is 41.7 Å². The van der Waals surface area contributed by atoms with Crippen molar-refractivity contribution in [1.82, 2.24) is 14.9 Å². The van der Waals surface area contributed by atoms with Crippen molar-refractivity contribution in [1.29, 1.82) is 0 Å². The van der Waals surface area contributed by atoms with Crippen LogP contribution in [0.3, 0.4) is 0 Å². The maximum absolute atomic E-state index is 12.2. The van der Waals surface area contributed by atoms with E-state index in [4.69, 9.17) is 4.74 Å². The molecule has 0 bridgehead atoms. The first-order valence-corrected chi connectivity index (χ1v) is 8.77. The second-order valence-electron chi connectivity index (χ2n) is 7.58. The van der Waals surface area contributed by atoms with Crippen LogP contribution < -0.4 is 4.90 Å². The van der Waals surface area contributed by atoms with E-state index < -0.39 is 5.60 Å². The zero-order valence-electron chi connectivity index (χ0n) is 15.7. The molecule has 0 aromatic carbocycles. The highest BCUT2D eigenvalue weighted by atomic mass is 16.6. The third-order valence-electron chi connectivity index (χ3n) is 4.36. The van der Waals surface area contributed by atoms with Gasteiger partial charge in [-0.05, 0) is 40.0 Å². The molecule has 2 rings (SSSR count). The van der Waals surface area contributed by atoms with Gasteiger partial charge in [-0.15, -0.1) is 0 Å². The van der Waals surface area contributed by atoms with Crippen molar-refractivity contribution in [3.05, 3.63) is 18.1 Å². The molecule has 6 nitrogen and oxygen atoms in total. The molecule has 0 radical (unpaired) electrons. The minimum atomic E-state index is -0.463. The Balaban J connectivity index is 2.05.